The summed E-state index contributed by atoms with van der Waals surface area (Å²) in [6, 6.07) is 7.50. The van der Waals surface area contributed by atoms with Gasteiger partial charge in [0.1, 0.15) is 17.8 Å². The Morgan fingerprint density at radius 1 is 1.32 bits per heavy atom. The first-order valence-corrected chi connectivity index (χ1v) is 12.9. The number of nitriles is 1. The van der Waals surface area contributed by atoms with Crippen LogP contribution in [0.25, 0.3) is 0 Å². The number of alkyl halides is 1. The normalized spacial score (nSPS) is 24.5. The Hall–Kier alpha value is -3.03. The van der Waals surface area contributed by atoms with Crippen LogP contribution in [0.5, 0.6) is 0 Å². The molecule has 3 aliphatic heterocycles. The van der Waals surface area contributed by atoms with Crippen molar-refractivity contribution in [3.63, 3.8) is 0 Å². The number of amides is 3. The van der Waals surface area contributed by atoms with Gasteiger partial charge in [-0.25, -0.2) is 4.39 Å². The minimum atomic E-state index is -1.72. The van der Waals surface area contributed by atoms with Crippen LogP contribution in [-0.2, 0) is 24.5 Å². The Morgan fingerprint density at radius 2 is 2.03 bits per heavy atom. The van der Waals surface area contributed by atoms with E-state index < -0.39 is 29.1 Å². The fourth-order valence-electron chi connectivity index (χ4n) is 5.66. The molecule has 200 valence electrons. The number of hydrogen-bond donors (Lipinski definition) is 1. The molecule has 0 saturated carbocycles. The van der Waals surface area contributed by atoms with Gasteiger partial charge in [0, 0.05) is 51.6 Å². The third-order valence-electron chi connectivity index (χ3n) is 7.71. The highest BCUT2D eigenvalue weighted by atomic mass is 19.1. The molecule has 1 spiro atoms. The first-order valence-electron chi connectivity index (χ1n) is 12.9. The van der Waals surface area contributed by atoms with Crippen LogP contribution in [-0.4, -0.2) is 96.6 Å². The smallest absolute Gasteiger partial charge is 0.246 e. The predicted octanol–water partition coefficient (Wildman–Crippen LogP) is 2.08. The molecule has 1 aromatic rings. The van der Waals surface area contributed by atoms with E-state index >= 15 is 0 Å². The highest BCUT2D eigenvalue weighted by molar-refractivity contribution is 6.07. The zero-order valence-corrected chi connectivity index (χ0v) is 21.8. The molecule has 3 aliphatic rings. The average molecular weight is 514 g/mol. The number of anilines is 1. The fraction of sp³-hybridized carbons (Fsp3) is 0.630. The molecule has 10 heteroatoms. The lowest BCUT2D eigenvalue weighted by atomic mass is 9.80. The lowest BCUT2D eigenvalue weighted by molar-refractivity contribution is -0.146. The minimum absolute atomic E-state index is 0.00911. The largest absolute Gasteiger partial charge is 0.379 e. The molecule has 0 aliphatic carbocycles. The van der Waals surface area contributed by atoms with Crippen LogP contribution in [0.15, 0.2) is 24.3 Å². The molecule has 1 aromatic carbocycles. The summed E-state index contributed by atoms with van der Waals surface area (Å²) >= 11 is 0. The van der Waals surface area contributed by atoms with Crippen LogP contribution in [0.2, 0.25) is 0 Å². The van der Waals surface area contributed by atoms with Gasteiger partial charge in [-0.05, 0) is 38.4 Å². The van der Waals surface area contributed by atoms with E-state index in [1.54, 1.807) is 6.07 Å². The van der Waals surface area contributed by atoms with Crippen LogP contribution in [0.3, 0.4) is 0 Å². The predicted molar refractivity (Wildman–Crippen MR) is 135 cm³/mol. The van der Waals surface area contributed by atoms with Gasteiger partial charge in [-0.15, -0.1) is 0 Å². The van der Waals surface area contributed by atoms with E-state index in [9.17, 15) is 24.0 Å². The molecule has 3 heterocycles. The zero-order valence-electron chi connectivity index (χ0n) is 21.8. The summed E-state index contributed by atoms with van der Waals surface area (Å²) < 4.78 is 20.2. The number of likely N-dealkylation sites (tertiary alicyclic amines) is 1. The number of rotatable bonds is 8. The fourth-order valence-corrected chi connectivity index (χ4v) is 5.66. The van der Waals surface area contributed by atoms with Gasteiger partial charge in [-0.2, -0.15) is 5.26 Å². The molecular formula is C27H36FN5O4. The Morgan fingerprint density at radius 3 is 2.70 bits per heavy atom. The van der Waals surface area contributed by atoms with Crippen LogP contribution in [0.4, 0.5) is 10.1 Å². The highest BCUT2D eigenvalue weighted by Crippen LogP contribution is 2.46. The van der Waals surface area contributed by atoms with Gasteiger partial charge in [0.2, 0.25) is 17.7 Å². The number of ether oxygens (including phenoxy) is 1. The van der Waals surface area contributed by atoms with Crippen LogP contribution >= 0.6 is 0 Å². The number of nitrogens with zero attached hydrogens (tertiary/aromatic N) is 4. The molecular weight excluding hydrogens is 477 g/mol. The number of benzene rings is 1. The van der Waals surface area contributed by atoms with Crippen molar-refractivity contribution >= 4 is 23.4 Å². The SMILES string of the molecule is CN(C(=O)CCCN1CCOCC1)[C@@H](CC(C)(C)F)C(=O)N1C[C@]2(C[C@H]1C#N)C(=O)Nc1ccccc12. The van der Waals surface area contributed by atoms with Gasteiger partial charge < -0.3 is 19.9 Å². The van der Waals surface area contributed by atoms with E-state index in [0.717, 1.165) is 25.2 Å². The summed E-state index contributed by atoms with van der Waals surface area (Å²) in [5.41, 5.74) is -1.33. The number of likely N-dealkylation sites (N-methyl/N-ethyl adjacent to an activating group) is 1. The molecule has 1 N–H and O–H groups in total. The van der Waals surface area contributed by atoms with E-state index in [0.29, 0.717) is 25.3 Å². The quantitative estimate of drug-likeness (QED) is 0.571. The number of fused-ring (bicyclic) bond motifs is 2. The van der Waals surface area contributed by atoms with E-state index in [-0.39, 0.29) is 37.6 Å². The topological polar surface area (TPSA) is 106 Å². The van der Waals surface area contributed by atoms with E-state index in [1.807, 2.05) is 18.2 Å². The maximum Gasteiger partial charge on any atom is 0.246 e. The Balaban J connectivity index is 1.51. The Bertz CT molecular complexity index is 1080. The molecule has 3 atom stereocenters. The monoisotopic (exact) mass is 513 g/mol. The van der Waals surface area contributed by atoms with Crippen LogP contribution in [0, 0.1) is 11.3 Å². The second kappa shape index (κ2) is 10.8. The van der Waals surface area contributed by atoms with Gasteiger partial charge >= 0.3 is 0 Å². The lowest BCUT2D eigenvalue weighted by Crippen LogP contribution is -2.53. The van der Waals surface area contributed by atoms with Crippen molar-refractivity contribution < 1.29 is 23.5 Å². The minimum Gasteiger partial charge on any atom is -0.379 e. The van der Waals surface area contributed by atoms with Gasteiger partial charge in [0.05, 0.1) is 24.7 Å². The summed E-state index contributed by atoms with van der Waals surface area (Å²) in [6.45, 7) is 6.50. The van der Waals surface area contributed by atoms with Gasteiger partial charge in [0.15, 0.2) is 0 Å². The summed E-state index contributed by atoms with van der Waals surface area (Å²) in [4.78, 5) is 45.0. The molecule has 0 bridgehead atoms. The third-order valence-corrected chi connectivity index (χ3v) is 7.71. The Kier molecular flexibility index (Phi) is 7.85. The number of para-hydroxylation sites is 1. The van der Waals surface area contributed by atoms with Crippen LogP contribution in [0.1, 0.15) is 45.1 Å². The van der Waals surface area contributed by atoms with Crippen molar-refractivity contribution in [3.05, 3.63) is 29.8 Å². The molecule has 2 fully saturated rings. The maximum atomic E-state index is 14.9. The molecule has 37 heavy (non-hydrogen) atoms. The summed E-state index contributed by atoms with van der Waals surface area (Å²) in [5, 5.41) is 12.8. The van der Waals surface area contributed by atoms with Crippen molar-refractivity contribution in [2.75, 3.05) is 51.8 Å². The lowest BCUT2D eigenvalue weighted by Gasteiger charge is -2.35. The van der Waals surface area contributed by atoms with E-state index in [1.165, 1.54) is 30.7 Å². The Labute approximate surface area is 217 Å². The van der Waals surface area contributed by atoms with Crippen LogP contribution < -0.4 is 5.32 Å². The van der Waals surface area contributed by atoms with E-state index in [2.05, 4.69) is 16.3 Å². The van der Waals surface area contributed by atoms with Crippen molar-refractivity contribution in [2.45, 2.75) is 62.7 Å². The number of carbonyl (C=O) groups is 3. The number of halogens is 1. The summed E-state index contributed by atoms with van der Waals surface area (Å²) in [5.74, 6) is -1.00. The molecule has 0 unspecified atom stereocenters. The standard InChI is InChI=1S/C27H36FN5O4/c1-26(2,28)16-22(31(3)23(34)9-6-10-32-11-13-37-14-12-32)24(35)33-18-27(15-19(33)17-29)20-7-4-5-8-21(20)30-25(27)36/h4-5,7-8,19,22H,6,9-16,18H2,1-3H3,(H,30,36)/t19-,22-,27-/m0/s1. The van der Waals surface area contributed by atoms with Crippen molar-refractivity contribution in [3.8, 4) is 6.07 Å². The van der Waals surface area contributed by atoms with E-state index in [4.69, 9.17) is 4.74 Å². The zero-order chi connectivity index (χ0) is 26.8. The first-order chi connectivity index (χ1) is 17.6. The second-order valence-electron chi connectivity index (χ2n) is 10.9. The molecule has 0 aromatic heterocycles. The number of morpholine rings is 1. The van der Waals surface area contributed by atoms with Crippen molar-refractivity contribution in [2.24, 2.45) is 0 Å². The van der Waals surface area contributed by atoms with Crippen molar-refractivity contribution in [1.29, 1.82) is 5.26 Å². The summed E-state index contributed by atoms with van der Waals surface area (Å²) in [7, 11) is 1.52. The molecule has 4 rings (SSSR count). The molecule has 3 amide bonds. The van der Waals surface area contributed by atoms with Gasteiger partial charge in [0.25, 0.3) is 0 Å². The molecule has 9 nitrogen and oxygen atoms in total. The number of nitrogens with one attached hydrogen (secondary N) is 1. The highest BCUT2D eigenvalue weighted by Gasteiger charge is 2.56. The second-order valence-corrected chi connectivity index (χ2v) is 10.9. The maximum absolute atomic E-state index is 14.9. The third kappa shape index (κ3) is 5.63. The van der Waals surface area contributed by atoms with Gasteiger partial charge in [-0.1, -0.05) is 18.2 Å². The average Bonchev–Trinajstić information content (AvgIpc) is 3.40. The number of carbonyl (C=O) groups excluding carboxylic acids is 3. The first kappa shape index (κ1) is 27.0. The van der Waals surface area contributed by atoms with Gasteiger partial charge in [-0.3, -0.25) is 19.3 Å². The number of hydrogen-bond acceptors (Lipinski definition) is 6. The van der Waals surface area contributed by atoms with Crippen molar-refractivity contribution in [1.82, 2.24) is 14.7 Å². The molecule has 0 radical (unpaired) electrons. The summed E-state index contributed by atoms with van der Waals surface area (Å²) in [6.07, 6.45) is 0.794. The molecule has 2 saturated heterocycles.